The second kappa shape index (κ2) is 3.08. The molecule has 2 N–H and O–H groups in total. The van der Waals surface area contributed by atoms with Gasteiger partial charge in [-0.3, -0.25) is 0 Å². The van der Waals surface area contributed by atoms with Crippen LogP contribution >= 0.6 is 0 Å². The number of hydrogen-bond donors (Lipinski definition) is 1. The fraction of sp³-hybridized carbons (Fsp3) is 0.143. The number of rotatable bonds is 2. The Labute approximate surface area is 59.6 Å². The molecule has 1 heterocycles. The summed E-state index contributed by atoms with van der Waals surface area (Å²) in [7, 11) is 0. The highest BCUT2D eigenvalue weighted by Gasteiger charge is 2.00. The molecule has 0 bridgehead atoms. The summed E-state index contributed by atoms with van der Waals surface area (Å²) in [6, 6.07) is 1.50. The van der Waals surface area contributed by atoms with E-state index in [9.17, 15) is 0 Å². The van der Waals surface area contributed by atoms with Gasteiger partial charge in [0.15, 0.2) is 0 Å². The Kier molecular flexibility index (Phi) is 2.12. The molecule has 0 saturated carbocycles. The monoisotopic (exact) mass is 135 g/mol. The first kappa shape index (κ1) is 6.89. The molecule has 1 rings (SSSR count). The van der Waals surface area contributed by atoms with Gasteiger partial charge < -0.3 is 5.73 Å². The van der Waals surface area contributed by atoms with E-state index in [1.54, 1.807) is 24.5 Å². The minimum atomic E-state index is -0.249. The van der Waals surface area contributed by atoms with Crippen LogP contribution in [0.3, 0.4) is 0 Å². The Morgan fingerprint density at radius 3 is 2.60 bits per heavy atom. The Bertz CT molecular complexity index is 207. The largest absolute Gasteiger partial charge is 0.318 e. The van der Waals surface area contributed by atoms with Crippen LogP contribution in [0.1, 0.15) is 11.9 Å². The molecule has 1 aromatic heterocycles. The molecule has 0 spiro atoms. The van der Waals surface area contributed by atoms with Crippen molar-refractivity contribution in [3.63, 3.8) is 0 Å². The average Bonchev–Trinajstić information content (AvgIpc) is 2.05. The van der Waals surface area contributed by atoms with Gasteiger partial charge in [0.1, 0.15) is 5.82 Å². The summed E-state index contributed by atoms with van der Waals surface area (Å²) in [5.41, 5.74) is 5.55. The van der Waals surface area contributed by atoms with Gasteiger partial charge in [0.25, 0.3) is 0 Å². The third kappa shape index (κ3) is 1.39. The molecular weight excluding hydrogens is 126 g/mol. The van der Waals surface area contributed by atoms with Crippen molar-refractivity contribution in [2.45, 2.75) is 6.04 Å². The molecule has 0 aliphatic rings. The van der Waals surface area contributed by atoms with Gasteiger partial charge in [-0.2, -0.15) is 0 Å². The lowest BCUT2D eigenvalue weighted by Crippen LogP contribution is -2.09. The van der Waals surface area contributed by atoms with E-state index in [0.717, 1.165) is 0 Å². The van der Waals surface area contributed by atoms with E-state index in [-0.39, 0.29) is 6.04 Å². The summed E-state index contributed by atoms with van der Waals surface area (Å²) >= 11 is 0. The Balaban J connectivity index is 2.84. The highest BCUT2D eigenvalue weighted by molar-refractivity contribution is 5.01. The zero-order chi connectivity index (χ0) is 7.40. The van der Waals surface area contributed by atoms with Crippen molar-refractivity contribution in [3.05, 3.63) is 36.9 Å². The SMILES string of the molecule is C=C[C@H](N)c1ncccn1. The molecule has 0 unspecified atom stereocenters. The van der Waals surface area contributed by atoms with Crippen LogP contribution in [0, 0.1) is 0 Å². The van der Waals surface area contributed by atoms with Crippen molar-refractivity contribution in [1.82, 2.24) is 9.97 Å². The van der Waals surface area contributed by atoms with Gasteiger partial charge in [-0.05, 0) is 6.07 Å². The molecule has 1 aromatic rings. The van der Waals surface area contributed by atoms with Crippen LogP contribution in [-0.4, -0.2) is 9.97 Å². The zero-order valence-corrected chi connectivity index (χ0v) is 5.57. The summed E-state index contributed by atoms with van der Waals surface area (Å²) in [5.74, 6) is 0.609. The van der Waals surface area contributed by atoms with E-state index in [2.05, 4.69) is 16.5 Å². The summed E-state index contributed by atoms with van der Waals surface area (Å²) in [4.78, 5) is 7.88. The number of nitrogens with two attached hydrogens (primary N) is 1. The molecular formula is C7H9N3. The molecule has 3 heteroatoms. The summed E-state index contributed by atoms with van der Waals surface area (Å²) in [5, 5.41) is 0. The minimum Gasteiger partial charge on any atom is -0.318 e. The van der Waals surface area contributed by atoms with E-state index in [4.69, 9.17) is 5.73 Å². The number of aromatic nitrogens is 2. The maximum atomic E-state index is 5.55. The molecule has 10 heavy (non-hydrogen) atoms. The van der Waals surface area contributed by atoms with Gasteiger partial charge >= 0.3 is 0 Å². The Morgan fingerprint density at radius 2 is 2.10 bits per heavy atom. The highest BCUT2D eigenvalue weighted by atomic mass is 14.9. The fourth-order valence-electron chi connectivity index (χ4n) is 0.588. The van der Waals surface area contributed by atoms with E-state index >= 15 is 0 Å². The van der Waals surface area contributed by atoms with Crippen molar-refractivity contribution in [2.24, 2.45) is 5.73 Å². The van der Waals surface area contributed by atoms with Gasteiger partial charge in [0.2, 0.25) is 0 Å². The predicted octanol–water partition coefficient (Wildman–Crippen LogP) is 0.662. The van der Waals surface area contributed by atoms with Gasteiger partial charge in [-0.15, -0.1) is 6.58 Å². The summed E-state index contributed by atoms with van der Waals surface area (Å²) < 4.78 is 0. The van der Waals surface area contributed by atoms with Gasteiger partial charge in [0, 0.05) is 12.4 Å². The summed E-state index contributed by atoms with van der Waals surface area (Å²) in [6.45, 7) is 3.53. The molecule has 0 aromatic carbocycles. The lowest BCUT2D eigenvalue weighted by atomic mass is 10.3. The van der Waals surface area contributed by atoms with Crippen molar-refractivity contribution < 1.29 is 0 Å². The molecule has 3 nitrogen and oxygen atoms in total. The maximum absolute atomic E-state index is 5.55. The highest BCUT2D eigenvalue weighted by Crippen LogP contribution is 2.01. The van der Waals surface area contributed by atoms with Crippen LogP contribution in [0.4, 0.5) is 0 Å². The number of nitrogens with zero attached hydrogens (tertiary/aromatic N) is 2. The Morgan fingerprint density at radius 1 is 1.50 bits per heavy atom. The predicted molar refractivity (Wildman–Crippen MR) is 39.2 cm³/mol. The van der Waals surface area contributed by atoms with E-state index in [0.29, 0.717) is 5.82 Å². The normalized spacial score (nSPS) is 12.5. The van der Waals surface area contributed by atoms with E-state index < -0.39 is 0 Å². The fourth-order valence-corrected chi connectivity index (χ4v) is 0.588. The quantitative estimate of drug-likeness (QED) is 0.606. The first-order chi connectivity index (χ1) is 4.84. The van der Waals surface area contributed by atoms with E-state index in [1.807, 2.05) is 0 Å². The van der Waals surface area contributed by atoms with Crippen LogP contribution < -0.4 is 5.73 Å². The molecule has 0 aliphatic carbocycles. The molecule has 0 amide bonds. The third-order valence-corrected chi connectivity index (χ3v) is 1.14. The smallest absolute Gasteiger partial charge is 0.148 e. The molecule has 0 aliphatic heterocycles. The summed E-state index contributed by atoms with van der Waals surface area (Å²) in [6.07, 6.45) is 4.92. The maximum Gasteiger partial charge on any atom is 0.148 e. The lowest BCUT2D eigenvalue weighted by Gasteiger charge is -2.00. The van der Waals surface area contributed by atoms with Gasteiger partial charge in [0.05, 0.1) is 6.04 Å². The van der Waals surface area contributed by atoms with Gasteiger partial charge in [-0.1, -0.05) is 6.08 Å². The molecule has 52 valence electrons. The molecule has 0 fully saturated rings. The second-order valence-corrected chi connectivity index (χ2v) is 1.87. The molecule has 0 radical (unpaired) electrons. The van der Waals surface area contributed by atoms with Crippen LogP contribution in [0.2, 0.25) is 0 Å². The van der Waals surface area contributed by atoms with Crippen molar-refractivity contribution >= 4 is 0 Å². The van der Waals surface area contributed by atoms with Crippen LogP contribution in [0.15, 0.2) is 31.1 Å². The molecule has 0 saturated heterocycles. The second-order valence-electron chi connectivity index (χ2n) is 1.87. The van der Waals surface area contributed by atoms with E-state index in [1.165, 1.54) is 0 Å². The zero-order valence-electron chi connectivity index (χ0n) is 5.57. The lowest BCUT2D eigenvalue weighted by molar-refractivity contribution is 0.809. The van der Waals surface area contributed by atoms with Crippen LogP contribution in [0.5, 0.6) is 0 Å². The van der Waals surface area contributed by atoms with Crippen LogP contribution in [0.25, 0.3) is 0 Å². The number of hydrogen-bond acceptors (Lipinski definition) is 3. The third-order valence-electron chi connectivity index (χ3n) is 1.14. The Hall–Kier alpha value is -1.22. The van der Waals surface area contributed by atoms with Crippen LogP contribution in [-0.2, 0) is 0 Å². The van der Waals surface area contributed by atoms with Crippen molar-refractivity contribution in [1.29, 1.82) is 0 Å². The van der Waals surface area contributed by atoms with Crippen molar-refractivity contribution in [3.8, 4) is 0 Å². The first-order valence-corrected chi connectivity index (χ1v) is 2.99. The standard InChI is InChI=1S/C7H9N3/c1-2-6(8)7-9-4-3-5-10-7/h2-6H,1,8H2/t6-/m0/s1. The minimum absolute atomic E-state index is 0.249. The average molecular weight is 135 g/mol. The van der Waals surface area contributed by atoms with Crippen molar-refractivity contribution in [2.75, 3.05) is 0 Å². The van der Waals surface area contributed by atoms with Gasteiger partial charge in [-0.25, -0.2) is 9.97 Å². The molecule has 1 atom stereocenters. The topological polar surface area (TPSA) is 51.8 Å². The first-order valence-electron chi connectivity index (χ1n) is 2.99.